The first-order chi connectivity index (χ1) is 5.36. The van der Waals surface area contributed by atoms with E-state index in [4.69, 9.17) is 4.52 Å². The molecule has 0 atom stereocenters. The minimum absolute atomic E-state index is 0.687. The van der Waals surface area contributed by atoms with Gasteiger partial charge in [-0.1, -0.05) is 18.0 Å². The van der Waals surface area contributed by atoms with E-state index in [0.29, 0.717) is 5.92 Å². The van der Waals surface area contributed by atoms with Crippen molar-refractivity contribution in [1.29, 1.82) is 0 Å². The van der Waals surface area contributed by atoms with Crippen molar-refractivity contribution in [1.82, 2.24) is 5.16 Å². The van der Waals surface area contributed by atoms with Crippen LogP contribution in [0.1, 0.15) is 43.1 Å². The van der Waals surface area contributed by atoms with Crippen LogP contribution in [0.25, 0.3) is 0 Å². The topological polar surface area (TPSA) is 26.0 Å². The van der Waals surface area contributed by atoms with Crippen molar-refractivity contribution in [3.8, 4) is 0 Å². The molecule has 0 amide bonds. The van der Waals surface area contributed by atoms with Gasteiger partial charge >= 0.3 is 0 Å². The van der Waals surface area contributed by atoms with Crippen LogP contribution in [-0.4, -0.2) is 5.16 Å². The van der Waals surface area contributed by atoms with Crippen LogP contribution in [0.3, 0.4) is 0 Å². The largest absolute Gasteiger partial charge is 0.361 e. The van der Waals surface area contributed by atoms with Crippen molar-refractivity contribution < 1.29 is 4.52 Å². The Labute approximate surface area is 66.6 Å². The standard InChI is InChI=1S/C9H13NO/c1-7-6-9(10-11-7)8-4-2-3-5-8/h6,8H,2-5H2,1H3. The quantitative estimate of drug-likeness (QED) is 0.616. The Balaban J connectivity index is 2.15. The van der Waals surface area contributed by atoms with Crippen LogP contribution in [0, 0.1) is 6.92 Å². The van der Waals surface area contributed by atoms with Crippen molar-refractivity contribution in [2.45, 2.75) is 38.5 Å². The zero-order valence-electron chi connectivity index (χ0n) is 6.84. The van der Waals surface area contributed by atoms with Gasteiger partial charge in [0.05, 0.1) is 5.69 Å². The summed E-state index contributed by atoms with van der Waals surface area (Å²) < 4.78 is 5.03. The molecule has 0 spiro atoms. The Hall–Kier alpha value is -0.790. The van der Waals surface area contributed by atoms with Crippen LogP contribution in [0.2, 0.25) is 0 Å². The van der Waals surface area contributed by atoms with E-state index in [1.807, 2.05) is 6.92 Å². The number of hydrogen-bond acceptors (Lipinski definition) is 2. The molecular weight excluding hydrogens is 138 g/mol. The molecule has 1 aromatic rings. The van der Waals surface area contributed by atoms with Crippen molar-refractivity contribution in [3.05, 3.63) is 17.5 Å². The van der Waals surface area contributed by atoms with Crippen LogP contribution in [0.5, 0.6) is 0 Å². The lowest BCUT2D eigenvalue weighted by molar-refractivity contribution is 0.385. The molecule has 0 bridgehead atoms. The highest BCUT2D eigenvalue weighted by Crippen LogP contribution is 2.33. The lowest BCUT2D eigenvalue weighted by atomic mass is 10.0. The summed E-state index contributed by atoms with van der Waals surface area (Å²) in [6, 6.07) is 2.07. The highest BCUT2D eigenvalue weighted by Gasteiger charge is 2.19. The fourth-order valence-electron chi connectivity index (χ4n) is 1.80. The molecule has 1 heterocycles. The Morgan fingerprint density at radius 3 is 2.73 bits per heavy atom. The minimum Gasteiger partial charge on any atom is -0.361 e. The number of rotatable bonds is 1. The third-order valence-electron chi connectivity index (χ3n) is 2.42. The van der Waals surface area contributed by atoms with Gasteiger partial charge in [0.1, 0.15) is 5.76 Å². The fraction of sp³-hybridized carbons (Fsp3) is 0.667. The first-order valence-corrected chi connectivity index (χ1v) is 4.29. The van der Waals surface area contributed by atoms with Gasteiger partial charge in [0.2, 0.25) is 0 Å². The third-order valence-corrected chi connectivity index (χ3v) is 2.42. The number of nitrogens with zero attached hydrogens (tertiary/aromatic N) is 1. The van der Waals surface area contributed by atoms with E-state index < -0.39 is 0 Å². The smallest absolute Gasteiger partial charge is 0.133 e. The maximum Gasteiger partial charge on any atom is 0.133 e. The lowest BCUT2D eigenvalue weighted by Gasteiger charge is -2.00. The number of aromatic nitrogens is 1. The van der Waals surface area contributed by atoms with E-state index >= 15 is 0 Å². The van der Waals surface area contributed by atoms with Gasteiger partial charge in [0.25, 0.3) is 0 Å². The molecule has 0 unspecified atom stereocenters. The maximum atomic E-state index is 5.03. The normalized spacial score (nSPS) is 19.4. The molecule has 2 rings (SSSR count). The monoisotopic (exact) mass is 151 g/mol. The Morgan fingerprint density at radius 1 is 1.45 bits per heavy atom. The molecule has 0 aromatic carbocycles. The highest BCUT2D eigenvalue weighted by molar-refractivity contribution is 5.10. The first kappa shape index (κ1) is 6.89. The second kappa shape index (κ2) is 2.68. The summed E-state index contributed by atoms with van der Waals surface area (Å²) in [5.41, 5.74) is 1.17. The van der Waals surface area contributed by atoms with Gasteiger partial charge in [0.15, 0.2) is 0 Å². The van der Waals surface area contributed by atoms with Gasteiger partial charge in [-0.2, -0.15) is 0 Å². The molecule has 0 N–H and O–H groups in total. The maximum absolute atomic E-state index is 5.03. The molecule has 1 saturated carbocycles. The average Bonchev–Trinajstić information content (AvgIpc) is 2.55. The Morgan fingerprint density at radius 2 is 2.18 bits per heavy atom. The van der Waals surface area contributed by atoms with Crippen LogP contribution in [-0.2, 0) is 0 Å². The molecular formula is C9H13NO. The summed E-state index contributed by atoms with van der Waals surface area (Å²) in [4.78, 5) is 0. The predicted octanol–water partition coefficient (Wildman–Crippen LogP) is 2.64. The predicted molar refractivity (Wildman–Crippen MR) is 42.4 cm³/mol. The molecule has 0 saturated heterocycles. The van der Waals surface area contributed by atoms with Crippen LogP contribution < -0.4 is 0 Å². The van der Waals surface area contributed by atoms with Crippen LogP contribution >= 0.6 is 0 Å². The van der Waals surface area contributed by atoms with Gasteiger partial charge in [0, 0.05) is 12.0 Å². The molecule has 1 aliphatic carbocycles. The van der Waals surface area contributed by atoms with Crippen molar-refractivity contribution in [2.75, 3.05) is 0 Å². The molecule has 1 aliphatic rings. The van der Waals surface area contributed by atoms with E-state index in [-0.39, 0.29) is 0 Å². The summed E-state index contributed by atoms with van der Waals surface area (Å²) in [6.07, 6.45) is 5.31. The molecule has 0 radical (unpaired) electrons. The van der Waals surface area contributed by atoms with Crippen LogP contribution in [0.4, 0.5) is 0 Å². The zero-order chi connectivity index (χ0) is 7.68. The fourth-order valence-corrected chi connectivity index (χ4v) is 1.80. The molecule has 60 valence electrons. The molecule has 11 heavy (non-hydrogen) atoms. The van der Waals surface area contributed by atoms with Crippen LogP contribution in [0.15, 0.2) is 10.6 Å². The highest BCUT2D eigenvalue weighted by atomic mass is 16.5. The van der Waals surface area contributed by atoms with Gasteiger partial charge in [-0.05, 0) is 19.8 Å². The molecule has 2 nitrogen and oxygen atoms in total. The van der Waals surface area contributed by atoms with Crippen molar-refractivity contribution in [2.24, 2.45) is 0 Å². The average molecular weight is 151 g/mol. The van der Waals surface area contributed by atoms with Gasteiger partial charge in [-0.3, -0.25) is 0 Å². The summed E-state index contributed by atoms with van der Waals surface area (Å²) >= 11 is 0. The van der Waals surface area contributed by atoms with E-state index in [1.54, 1.807) is 0 Å². The third kappa shape index (κ3) is 1.30. The van der Waals surface area contributed by atoms with E-state index in [9.17, 15) is 0 Å². The molecule has 1 fully saturated rings. The summed E-state index contributed by atoms with van der Waals surface area (Å²) in [6.45, 7) is 1.95. The Bertz CT molecular complexity index is 235. The summed E-state index contributed by atoms with van der Waals surface area (Å²) in [5, 5.41) is 4.02. The van der Waals surface area contributed by atoms with Crippen molar-refractivity contribution in [3.63, 3.8) is 0 Å². The Kier molecular flexibility index (Phi) is 1.68. The van der Waals surface area contributed by atoms with E-state index in [2.05, 4.69) is 11.2 Å². The number of hydrogen-bond donors (Lipinski definition) is 0. The first-order valence-electron chi connectivity index (χ1n) is 4.29. The molecule has 1 aromatic heterocycles. The lowest BCUT2D eigenvalue weighted by Crippen LogP contribution is -1.90. The van der Waals surface area contributed by atoms with Crippen molar-refractivity contribution >= 4 is 0 Å². The van der Waals surface area contributed by atoms with Gasteiger partial charge < -0.3 is 4.52 Å². The van der Waals surface area contributed by atoms with E-state index in [0.717, 1.165) is 5.76 Å². The second-order valence-electron chi connectivity index (χ2n) is 3.34. The molecule has 0 aliphatic heterocycles. The SMILES string of the molecule is Cc1cc(C2CCCC2)no1. The number of aryl methyl sites for hydroxylation is 1. The summed E-state index contributed by atoms with van der Waals surface area (Å²) in [5.74, 6) is 1.62. The van der Waals surface area contributed by atoms with Gasteiger partial charge in [-0.25, -0.2) is 0 Å². The van der Waals surface area contributed by atoms with E-state index in [1.165, 1.54) is 31.4 Å². The second-order valence-corrected chi connectivity index (χ2v) is 3.34. The van der Waals surface area contributed by atoms with Gasteiger partial charge in [-0.15, -0.1) is 0 Å². The summed E-state index contributed by atoms with van der Waals surface area (Å²) in [7, 11) is 0. The minimum atomic E-state index is 0.687. The molecule has 2 heteroatoms. The zero-order valence-corrected chi connectivity index (χ0v) is 6.84.